The Morgan fingerprint density at radius 1 is 1.33 bits per heavy atom. The van der Waals surface area contributed by atoms with Gasteiger partial charge in [0.25, 0.3) is 0 Å². The predicted octanol–water partition coefficient (Wildman–Crippen LogP) is 5.08. The zero-order valence-electron chi connectivity index (χ0n) is 8.89. The molecule has 1 aromatic carbocycles. The molecule has 0 aromatic heterocycles. The molecule has 1 aliphatic rings. The van der Waals surface area contributed by atoms with Crippen LogP contribution < -0.4 is 3.11 Å². The van der Waals surface area contributed by atoms with Crippen LogP contribution in [0.25, 0.3) is 0 Å². The average Bonchev–Trinajstić information content (AvgIpc) is 2.75. The number of allylic oxidation sites excluding steroid dienone is 1. The Morgan fingerprint density at radius 3 is 2.56 bits per heavy atom. The fourth-order valence-corrected chi connectivity index (χ4v) is 3.55. The molecule has 8 heteroatoms. The highest BCUT2D eigenvalue weighted by Gasteiger charge is 2.37. The Balaban J connectivity index is 2.40. The maximum Gasteiger partial charge on any atom is 0.435 e. The van der Waals surface area contributed by atoms with E-state index in [0.29, 0.717) is 5.69 Å². The molecule has 0 amide bonds. The minimum atomic E-state index is -4.46. The van der Waals surface area contributed by atoms with E-state index in [-0.39, 0.29) is 10.6 Å². The van der Waals surface area contributed by atoms with Gasteiger partial charge in [0.05, 0.1) is 10.7 Å². The van der Waals surface area contributed by atoms with Gasteiger partial charge in [0.15, 0.2) is 5.70 Å². The van der Waals surface area contributed by atoms with Crippen LogP contribution in [0.4, 0.5) is 23.2 Å². The van der Waals surface area contributed by atoms with Crippen molar-refractivity contribution < 1.29 is 17.6 Å². The van der Waals surface area contributed by atoms with Crippen LogP contribution in [0, 0.1) is 12.7 Å². The molecule has 0 saturated heterocycles. The van der Waals surface area contributed by atoms with Crippen LogP contribution in [-0.4, -0.2) is 6.18 Å². The Hall–Kier alpha value is -0.700. The smallest absolute Gasteiger partial charge is 0.278 e. The number of halogens is 6. The maximum absolute atomic E-state index is 13.6. The number of nitrogens with zero attached hydrogens (tertiary/aromatic N) is 2. The van der Waals surface area contributed by atoms with Gasteiger partial charge in [0.1, 0.15) is 27.1 Å². The topological polar surface area (TPSA) is 15.6 Å². The standard InChI is InChI=1S/C10H6ClF4IN2/c1-5-7(3-2-6(11)9(5)12)18-4-8(17-16-18)10(13,14)15/h2-4H,1H3. The molecule has 0 spiro atoms. The van der Waals surface area contributed by atoms with Gasteiger partial charge in [-0.15, -0.1) is 0 Å². The summed E-state index contributed by atoms with van der Waals surface area (Å²) in [5.74, 6) is -0.618. The van der Waals surface area contributed by atoms with Crippen molar-refractivity contribution in [2.45, 2.75) is 13.1 Å². The first-order valence-electron chi connectivity index (χ1n) is 4.69. The van der Waals surface area contributed by atoms with Crippen molar-refractivity contribution >= 4 is 38.6 Å². The van der Waals surface area contributed by atoms with Crippen LogP contribution in [0.5, 0.6) is 0 Å². The summed E-state index contributed by atoms with van der Waals surface area (Å²) >= 11 is 4.38. The Morgan fingerprint density at radius 2 is 2.00 bits per heavy atom. The molecule has 0 atom stereocenters. The summed E-state index contributed by atoms with van der Waals surface area (Å²) in [6.07, 6.45) is -3.56. The summed E-state index contributed by atoms with van der Waals surface area (Å²) in [5, 5.41) is -0.0504. The van der Waals surface area contributed by atoms with Crippen LogP contribution in [-0.2, 0) is 0 Å². The SMILES string of the molecule is Cc1c(N2C=C(C(F)(F)F)N=I2)ccc(Cl)c1F. The van der Waals surface area contributed by atoms with Crippen LogP contribution in [0.1, 0.15) is 5.56 Å². The summed E-state index contributed by atoms with van der Waals surface area (Å²) < 4.78 is 55.7. The van der Waals surface area contributed by atoms with Crippen LogP contribution in [0.3, 0.4) is 0 Å². The van der Waals surface area contributed by atoms with Crippen molar-refractivity contribution in [3.05, 3.63) is 40.4 Å². The van der Waals surface area contributed by atoms with Gasteiger partial charge in [-0.05, 0) is 19.1 Å². The largest absolute Gasteiger partial charge is 0.435 e. The third kappa shape index (κ3) is 2.51. The van der Waals surface area contributed by atoms with Crippen molar-refractivity contribution in [1.82, 2.24) is 0 Å². The first-order valence-corrected chi connectivity index (χ1v) is 7.00. The highest BCUT2D eigenvalue weighted by molar-refractivity contribution is 14.2. The molecular weight excluding hydrogens is 386 g/mol. The molecule has 0 fully saturated rings. The molecule has 0 unspecified atom stereocenters. The number of hydrogen-bond acceptors (Lipinski definition) is 2. The molecule has 0 bridgehead atoms. The van der Waals surface area contributed by atoms with Crippen molar-refractivity contribution in [3.8, 4) is 0 Å². The van der Waals surface area contributed by atoms with Gasteiger partial charge in [-0.25, -0.2) is 4.39 Å². The van der Waals surface area contributed by atoms with Crippen LogP contribution in [0.15, 0.2) is 27.2 Å². The zero-order valence-corrected chi connectivity index (χ0v) is 11.8. The number of rotatable bonds is 1. The zero-order chi connectivity index (χ0) is 13.5. The van der Waals surface area contributed by atoms with Gasteiger partial charge < -0.3 is 0 Å². The van der Waals surface area contributed by atoms with Crippen molar-refractivity contribution in [3.63, 3.8) is 0 Å². The third-order valence-electron chi connectivity index (χ3n) is 2.28. The molecule has 0 aliphatic carbocycles. The van der Waals surface area contributed by atoms with E-state index in [1.165, 1.54) is 22.2 Å². The maximum atomic E-state index is 13.6. The fourth-order valence-electron chi connectivity index (χ4n) is 1.34. The lowest BCUT2D eigenvalue weighted by Gasteiger charge is -2.14. The highest BCUT2D eigenvalue weighted by atomic mass is 127. The summed E-state index contributed by atoms with van der Waals surface area (Å²) in [5.41, 5.74) is -0.338. The Kier molecular flexibility index (Phi) is 3.63. The summed E-state index contributed by atoms with van der Waals surface area (Å²) in [6.45, 7) is 1.47. The van der Waals surface area contributed by atoms with Gasteiger partial charge in [0, 0.05) is 11.8 Å². The second kappa shape index (κ2) is 4.76. The van der Waals surface area contributed by atoms with Crippen LogP contribution in [0.2, 0.25) is 5.02 Å². The molecule has 98 valence electrons. The summed E-state index contributed by atoms with van der Waals surface area (Å²) in [7, 11) is 0. The molecule has 2 rings (SSSR count). The van der Waals surface area contributed by atoms with Gasteiger partial charge in [-0.3, -0.25) is 3.11 Å². The lowest BCUT2D eigenvalue weighted by Crippen LogP contribution is -2.10. The molecule has 18 heavy (non-hydrogen) atoms. The van der Waals surface area contributed by atoms with Gasteiger partial charge in [-0.2, -0.15) is 16.3 Å². The van der Waals surface area contributed by atoms with E-state index in [0.717, 1.165) is 6.20 Å². The molecule has 1 heterocycles. The molecule has 2 nitrogen and oxygen atoms in total. The van der Waals surface area contributed by atoms with Crippen molar-refractivity contribution in [1.29, 1.82) is 0 Å². The van der Waals surface area contributed by atoms with E-state index < -0.39 is 39.0 Å². The lowest BCUT2D eigenvalue weighted by atomic mass is 10.2. The van der Waals surface area contributed by atoms with Gasteiger partial charge >= 0.3 is 6.18 Å². The first kappa shape index (κ1) is 13.7. The molecule has 1 aliphatic heterocycles. The van der Waals surface area contributed by atoms with E-state index in [1.807, 2.05) is 0 Å². The number of alkyl halides is 3. The predicted molar refractivity (Wildman–Crippen MR) is 69.2 cm³/mol. The van der Waals surface area contributed by atoms with Gasteiger partial charge in [-0.1, -0.05) is 11.6 Å². The van der Waals surface area contributed by atoms with E-state index >= 15 is 0 Å². The van der Waals surface area contributed by atoms with E-state index in [4.69, 9.17) is 11.6 Å². The Bertz CT molecular complexity index is 554. The molecule has 1 aromatic rings. The number of benzene rings is 1. The second-order valence-electron chi connectivity index (χ2n) is 3.49. The normalized spacial score (nSPS) is 15.7. The second-order valence-corrected chi connectivity index (χ2v) is 5.85. The fraction of sp³-hybridized carbons (Fsp3) is 0.200. The monoisotopic (exact) mass is 392 g/mol. The minimum Gasteiger partial charge on any atom is -0.278 e. The first-order chi connectivity index (χ1) is 8.30. The van der Waals surface area contributed by atoms with Crippen LogP contribution >= 0.6 is 32.9 Å². The van der Waals surface area contributed by atoms with Crippen molar-refractivity contribution in [2.24, 2.45) is 3.15 Å². The molecular formula is C10H6ClF4IN2. The van der Waals surface area contributed by atoms with Gasteiger partial charge in [0.2, 0.25) is 0 Å². The third-order valence-corrected chi connectivity index (χ3v) is 4.57. The number of anilines is 1. The minimum absolute atomic E-state index is 0.0504. The summed E-state index contributed by atoms with van der Waals surface area (Å²) in [6, 6.07) is 2.81. The van der Waals surface area contributed by atoms with Crippen molar-refractivity contribution in [2.75, 3.05) is 3.11 Å². The van der Waals surface area contributed by atoms with E-state index in [9.17, 15) is 17.6 Å². The Labute approximate surface area is 116 Å². The lowest BCUT2D eigenvalue weighted by molar-refractivity contribution is -0.0919. The highest BCUT2D eigenvalue weighted by Crippen LogP contribution is 2.40. The molecule has 0 saturated carbocycles. The number of hydrogen-bond donors (Lipinski definition) is 0. The van der Waals surface area contributed by atoms with E-state index in [2.05, 4.69) is 3.15 Å². The quantitative estimate of drug-likeness (QED) is 0.370. The molecule has 0 radical (unpaired) electrons. The average molecular weight is 393 g/mol. The summed E-state index contributed by atoms with van der Waals surface area (Å²) in [4.78, 5) is 0. The molecule has 0 N–H and O–H groups in total. The van der Waals surface area contributed by atoms with E-state index in [1.54, 1.807) is 0 Å².